The smallest absolute Gasteiger partial charge is 0.322 e. The van der Waals surface area contributed by atoms with Gasteiger partial charge in [-0.15, -0.1) is 0 Å². The number of hydrogen-bond donors (Lipinski definition) is 1. The van der Waals surface area contributed by atoms with E-state index in [9.17, 15) is 9.18 Å². The van der Waals surface area contributed by atoms with Gasteiger partial charge in [-0.05, 0) is 12.1 Å². The predicted molar refractivity (Wildman–Crippen MR) is 104 cm³/mol. The van der Waals surface area contributed by atoms with Crippen molar-refractivity contribution in [2.45, 2.75) is 0 Å². The third kappa shape index (κ3) is 4.14. The van der Waals surface area contributed by atoms with Gasteiger partial charge in [-0.3, -0.25) is 0 Å². The molecule has 0 bridgehead atoms. The molecule has 2 amide bonds. The quantitative estimate of drug-likeness (QED) is 0.867. The highest BCUT2D eigenvalue weighted by Gasteiger charge is 2.23. The molecule has 2 aliphatic rings. The van der Waals surface area contributed by atoms with Crippen molar-refractivity contribution in [2.75, 3.05) is 67.6 Å². The van der Waals surface area contributed by atoms with Crippen molar-refractivity contribution in [3.8, 4) is 0 Å². The summed E-state index contributed by atoms with van der Waals surface area (Å²) in [7, 11) is 0. The number of aromatic nitrogens is 2. The van der Waals surface area contributed by atoms with Crippen LogP contribution >= 0.6 is 0 Å². The van der Waals surface area contributed by atoms with Crippen LogP contribution in [-0.2, 0) is 4.74 Å². The molecule has 1 aromatic heterocycles. The first-order chi connectivity index (χ1) is 13.7. The fourth-order valence-electron chi connectivity index (χ4n) is 3.37. The molecular weight excluding hydrogens is 363 g/mol. The molecule has 0 atom stereocenters. The summed E-state index contributed by atoms with van der Waals surface area (Å²) in [5.74, 6) is 1.31. The Morgan fingerprint density at radius 2 is 1.61 bits per heavy atom. The first-order valence-corrected chi connectivity index (χ1v) is 9.41. The van der Waals surface area contributed by atoms with E-state index in [-0.39, 0.29) is 11.7 Å². The van der Waals surface area contributed by atoms with Gasteiger partial charge in [0.15, 0.2) is 0 Å². The van der Waals surface area contributed by atoms with E-state index in [2.05, 4.69) is 25.1 Å². The number of hydrogen-bond acceptors (Lipinski definition) is 6. The van der Waals surface area contributed by atoms with E-state index in [0.717, 1.165) is 24.7 Å². The Kier molecular flexibility index (Phi) is 5.52. The van der Waals surface area contributed by atoms with E-state index in [1.807, 2.05) is 6.07 Å². The van der Waals surface area contributed by atoms with Gasteiger partial charge in [0, 0.05) is 45.3 Å². The lowest BCUT2D eigenvalue weighted by molar-refractivity contribution is 0.122. The zero-order chi connectivity index (χ0) is 19.3. The normalized spacial score (nSPS) is 17.5. The second-order valence-electron chi connectivity index (χ2n) is 6.72. The average molecular weight is 386 g/mol. The summed E-state index contributed by atoms with van der Waals surface area (Å²) in [5, 5.41) is 2.64. The number of amides is 2. The van der Waals surface area contributed by atoms with Crippen molar-refractivity contribution in [2.24, 2.45) is 0 Å². The first-order valence-electron chi connectivity index (χ1n) is 9.41. The molecule has 3 heterocycles. The van der Waals surface area contributed by atoms with Gasteiger partial charge in [0.1, 0.15) is 23.8 Å². The van der Waals surface area contributed by atoms with Gasteiger partial charge in [-0.25, -0.2) is 19.2 Å². The van der Waals surface area contributed by atoms with Crippen LogP contribution in [0.3, 0.4) is 0 Å². The molecule has 28 heavy (non-hydrogen) atoms. The van der Waals surface area contributed by atoms with Gasteiger partial charge in [0.05, 0.1) is 18.9 Å². The Hall–Kier alpha value is -2.94. The third-order valence-corrected chi connectivity index (χ3v) is 4.98. The summed E-state index contributed by atoms with van der Waals surface area (Å²) < 4.78 is 19.1. The monoisotopic (exact) mass is 386 g/mol. The van der Waals surface area contributed by atoms with Gasteiger partial charge in [-0.1, -0.05) is 12.1 Å². The van der Waals surface area contributed by atoms with E-state index in [1.165, 1.54) is 6.07 Å². The number of carbonyl (C=O) groups excluding carboxylic acids is 1. The maximum absolute atomic E-state index is 13.7. The fraction of sp³-hybridized carbons (Fsp3) is 0.421. The maximum atomic E-state index is 13.7. The minimum atomic E-state index is -0.439. The van der Waals surface area contributed by atoms with Gasteiger partial charge in [0.2, 0.25) is 0 Å². The van der Waals surface area contributed by atoms with Crippen molar-refractivity contribution < 1.29 is 13.9 Å². The number of nitrogens with one attached hydrogen (secondary N) is 1. The molecule has 0 aliphatic carbocycles. The summed E-state index contributed by atoms with van der Waals surface area (Å²) in [6.45, 7) is 5.44. The number of piperazine rings is 1. The summed E-state index contributed by atoms with van der Waals surface area (Å²) >= 11 is 0. The SMILES string of the molecule is O=C(Nc1ccccc1F)N1CCN(c2cc(N3CCOCC3)ncn2)CC1. The van der Waals surface area contributed by atoms with E-state index < -0.39 is 5.82 Å². The van der Waals surface area contributed by atoms with Gasteiger partial charge in [-0.2, -0.15) is 0 Å². The Morgan fingerprint density at radius 3 is 2.29 bits per heavy atom. The highest BCUT2D eigenvalue weighted by molar-refractivity contribution is 5.89. The van der Waals surface area contributed by atoms with Crippen LogP contribution in [0.15, 0.2) is 36.7 Å². The minimum absolute atomic E-state index is 0.195. The summed E-state index contributed by atoms with van der Waals surface area (Å²) in [5.41, 5.74) is 0.195. The van der Waals surface area contributed by atoms with Crippen LogP contribution in [-0.4, -0.2) is 73.4 Å². The number of ether oxygens (including phenoxy) is 1. The predicted octanol–water partition coefficient (Wildman–Crippen LogP) is 1.81. The van der Waals surface area contributed by atoms with Crippen LogP contribution in [0.4, 0.5) is 26.5 Å². The maximum Gasteiger partial charge on any atom is 0.322 e. The topological polar surface area (TPSA) is 73.8 Å². The molecular formula is C19H23FN6O2. The van der Waals surface area contributed by atoms with E-state index in [1.54, 1.807) is 29.4 Å². The summed E-state index contributed by atoms with van der Waals surface area (Å²) in [6, 6.07) is 7.86. The molecule has 148 valence electrons. The van der Waals surface area contributed by atoms with E-state index in [0.29, 0.717) is 39.4 Å². The van der Waals surface area contributed by atoms with Gasteiger partial charge < -0.3 is 24.8 Å². The number of halogens is 1. The molecule has 1 aromatic carbocycles. The number of anilines is 3. The lowest BCUT2D eigenvalue weighted by Gasteiger charge is -2.36. The van der Waals surface area contributed by atoms with Crippen molar-refractivity contribution in [3.05, 3.63) is 42.5 Å². The van der Waals surface area contributed by atoms with Crippen molar-refractivity contribution in [1.29, 1.82) is 0 Å². The third-order valence-electron chi connectivity index (χ3n) is 4.98. The van der Waals surface area contributed by atoms with Gasteiger partial charge in [0.25, 0.3) is 0 Å². The molecule has 2 aromatic rings. The molecule has 4 rings (SSSR count). The summed E-state index contributed by atoms with van der Waals surface area (Å²) in [4.78, 5) is 27.2. The number of morpholine rings is 1. The van der Waals surface area contributed by atoms with Crippen LogP contribution < -0.4 is 15.1 Å². The molecule has 0 unspecified atom stereocenters. The molecule has 8 nitrogen and oxygen atoms in total. The standard InChI is InChI=1S/C19H23FN6O2/c20-15-3-1-2-4-16(15)23-19(27)26-7-5-24(6-8-26)17-13-18(22-14-21-17)25-9-11-28-12-10-25/h1-4,13-14H,5-12H2,(H,23,27). The van der Waals surface area contributed by atoms with E-state index in [4.69, 9.17) is 4.74 Å². The second-order valence-corrected chi connectivity index (χ2v) is 6.72. The fourth-order valence-corrected chi connectivity index (χ4v) is 3.37. The minimum Gasteiger partial charge on any atom is -0.378 e. The van der Waals surface area contributed by atoms with Crippen molar-refractivity contribution in [3.63, 3.8) is 0 Å². The van der Waals surface area contributed by atoms with Crippen LogP contribution in [0.25, 0.3) is 0 Å². The molecule has 2 aliphatic heterocycles. The molecule has 2 fully saturated rings. The molecule has 0 saturated carbocycles. The molecule has 1 N–H and O–H groups in total. The average Bonchev–Trinajstić information content (AvgIpc) is 2.76. The van der Waals surface area contributed by atoms with Crippen molar-refractivity contribution >= 4 is 23.4 Å². The highest BCUT2D eigenvalue weighted by Crippen LogP contribution is 2.20. The number of urea groups is 1. The largest absolute Gasteiger partial charge is 0.378 e. The number of benzene rings is 1. The molecule has 9 heteroatoms. The number of rotatable bonds is 3. The number of nitrogens with zero attached hydrogens (tertiary/aromatic N) is 5. The Labute approximate surface area is 162 Å². The zero-order valence-electron chi connectivity index (χ0n) is 15.6. The Balaban J connectivity index is 1.35. The summed E-state index contributed by atoms with van der Waals surface area (Å²) in [6.07, 6.45) is 1.58. The second kappa shape index (κ2) is 8.39. The zero-order valence-corrected chi connectivity index (χ0v) is 15.6. The van der Waals surface area contributed by atoms with E-state index >= 15 is 0 Å². The van der Waals surface area contributed by atoms with Crippen LogP contribution in [0.5, 0.6) is 0 Å². The first kappa shape index (κ1) is 18.4. The Morgan fingerprint density at radius 1 is 0.964 bits per heavy atom. The van der Waals surface area contributed by atoms with Gasteiger partial charge >= 0.3 is 6.03 Å². The lowest BCUT2D eigenvalue weighted by atomic mass is 10.3. The lowest BCUT2D eigenvalue weighted by Crippen LogP contribution is -2.50. The molecule has 0 radical (unpaired) electrons. The molecule has 2 saturated heterocycles. The van der Waals surface area contributed by atoms with Crippen LogP contribution in [0.1, 0.15) is 0 Å². The number of carbonyl (C=O) groups is 1. The van der Waals surface area contributed by atoms with Crippen molar-refractivity contribution in [1.82, 2.24) is 14.9 Å². The van der Waals surface area contributed by atoms with Crippen LogP contribution in [0.2, 0.25) is 0 Å². The van der Waals surface area contributed by atoms with Crippen LogP contribution in [0, 0.1) is 5.82 Å². The number of para-hydroxylation sites is 1. The Bertz CT molecular complexity index is 822. The molecule has 0 spiro atoms. The highest BCUT2D eigenvalue weighted by atomic mass is 19.1.